The van der Waals surface area contributed by atoms with Gasteiger partial charge in [-0.1, -0.05) is 113 Å². The number of benzene rings is 5. The number of para-hydroxylation sites is 3. The van der Waals surface area contributed by atoms with Gasteiger partial charge < -0.3 is 15.0 Å². The van der Waals surface area contributed by atoms with E-state index in [2.05, 4.69) is 154 Å². The van der Waals surface area contributed by atoms with E-state index < -0.39 is 0 Å². The average molecular weight is 616 g/mol. The van der Waals surface area contributed by atoms with Gasteiger partial charge in [-0.3, -0.25) is 4.98 Å². The third kappa shape index (κ3) is 5.54. The predicted molar refractivity (Wildman–Crippen MR) is 198 cm³/mol. The summed E-state index contributed by atoms with van der Waals surface area (Å²) >= 11 is 0. The second-order valence-electron chi connectivity index (χ2n) is 13.1. The Morgan fingerprint density at radius 3 is 1.85 bits per heavy atom. The second kappa shape index (κ2) is 12.4. The van der Waals surface area contributed by atoms with Crippen molar-refractivity contribution in [2.75, 3.05) is 5.32 Å². The van der Waals surface area contributed by atoms with Crippen molar-refractivity contribution >= 4 is 27.5 Å². The lowest BCUT2D eigenvalue weighted by Crippen LogP contribution is -2.09. The van der Waals surface area contributed by atoms with Crippen LogP contribution in [0.5, 0.6) is 5.75 Å². The van der Waals surface area contributed by atoms with Crippen LogP contribution in [0.25, 0.3) is 49.9 Å². The van der Waals surface area contributed by atoms with E-state index in [1.54, 1.807) is 0 Å². The Balaban J connectivity index is 1.30. The minimum absolute atomic E-state index is 0.249. The molecular weight excluding hydrogens is 574 g/mol. The van der Waals surface area contributed by atoms with Crippen LogP contribution in [0.4, 0.5) is 5.69 Å². The van der Waals surface area contributed by atoms with Crippen LogP contribution in [0.15, 0.2) is 121 Å². The SMILES string of the molecule is Cc1cc(-c2ccccc2-c2cccc(CNc3c(C(C)C)cccc3C(C)C)n2)c(O)c(-n2c3ccccc3c3ccccc32)c1. The Hall–Kier alpha value is -5.35. The number of aromatic hydroxyl groups is 1. The van der Waals surface area contributed by atoms with Crippen LogP contribution in [0.2, 0.25) is 0 Å². The van der Waals surface area contributed by atoms with Crippen LogP contribution >= 0.6 is 0 Å². The number of rotatable bonds is 8. The lowest BCUT2D eigenvalue weighted by molar-refractivity contribution is 0.475. The standard InChI is InChI=1S/C43H41N3O/c1-27(2)31-19-13-20-32(28(3)4)42(31)44-26-30-14-12-21-38(45-30)34-16-7-6-15-33(34)37-24-29(5)25-41(43(37)47)46-39-22-10-8-17-35(39)36-18-9-11-23-40(36)46/h6-25,27-28,44,47H,26H2,1-5H3. The monoisotopic (exact) mass is 615 g/mol. The molecule has 7 rings (SSSR count). The van der Waals surface area contributed by atoms with Crippen molar-refractivity contribution in [1.29, 1.82) is 0 Å². The number of fused-ring (bicyclic) bond motifs is 3. The first-order valence-corrected chi connectivity index (χ1v) is 16.6. The number of pyridine rings is 1. The molecule has 7 aromatic rings. The van der Waals surface area contributed by atoms with Crippen molar-refractivity contribution in [2.45, 2.75) is 53.0 Å². The van der Waals surface area contributed by atoms with E-state index in [1.165, 1.54) is 16.8 Å². The highest BCUT2D eigenvalue weighted by atomic mass is 16.3. The summed E-state index contributed by atoms with van der Waals surface area (Å²) in [4.78, 5) is 5.15. The number of anilines is 1. The van der Waals surface area contributed by atoms with Gasteiger partial charge in [-0.25, -0.2) is 0 Å². The van der Waals surface area contributed by atoms with E-state index in [4.69, 9.17) is 4.98 Å². The maximum atomic E-state index is 12.1. The largest absolute Gasteiger partial charge is 0.505 e. The summed E-state index contributed by atoms with van der Waals surface area (Å²) in [7, 11) is 0. The van der Waals surface area contributed by atoms with Gasteiger partial charge in [0.05, 0.1) is 34.7 Å². The lowest BCUT2D eigenvalue weighted by atomic mass is 9.92. The maximum absolute atomic E-state index is 12.1. The van der Waals surface area contributed by atoms with Gasteiger partial charge in [0.15, 0.2) is 0 Å². The van der Waals surface area contributed by atoms with Crippen molar-refractivity contribution < 1.29 is 5.11 Å². The number of phenolic OH excluding ortho intramolecular Hbond substituents is 1. The second-order valence-corrected chi connectivity index (χ2v) is 13.1. The van der Waals surface area contributed by atoms with Crippen molar-refractivity contribution in [3.63, 3.8) is 0 Å². The van der Waals surface area contributed by atoms with Crippen LogP contribution < -0.4 is 5.32 Å². The van der Waals surface area contributed by atoms with Crippen LogP contribution in [0.3, 0.4) is 0 Å². The highest BCUT2D eigenvalue weighted by Crippen LogP contribution is 2.43. The fraction of sp³-hybridized carbons (Fsp3) is 0.186. The van der Waals surface area contributed by atoms with Crippen molar-refractivity contribution in [2.24, 2.45) is 0 Å². The molecule has 2 N–H and O–H groups in total. The molecule has 0 bridgehead atoms. The minimum Gasteiger partial charge on any atom is -0.505 e. The molecule has 4 heteroatoms. The van der Waals surface area contributed by atoms with Gasteiger partial charge in [-0.2, -0.15) is 0 Å². The van der Waals surface area contributed by atoms with E-state index >= 15 is 0 Å². The third-order valence-electron chi connectivity index (χ3n) is 9.17. The Kier molecular flexibility index (Phi) is 8.03. The first-order chi connectivity index (χ1) is 22.8. The third-order valence-corrected chi connectivity index (χ3v) is 9.17. The molecule has 4 nitrogen and oxygen atoms in total. The van der Waals surface area contributed by atoms with Gasteiger partial charge in [0.2, 0.25) is 0 Å². The first kappa shape index (κ1) is 30.3. The molecule has 0 saturated carbocycles. The molecule has 5 aromatic carbocycles. The number of hydrogen-bond donors (Lipinski definition) is 2. The molecule has 0 aliphatic heterocycles. The van der Waals surface area contributed by atoms with Gasteiger partial charge >= 0.3 is 0 Å². The Bertz CT molecular complexity index is 2160. The number of nitrogens with one attached hydrogen (secondary N) is 1. The van der Waals surface area contributed by atoms with Crippen LogP contribution in [-0.2, 0) is 6.54 Å². The van der Waals surface area contributed by atoms with Crippen molar-refractivity contribution in [3.05, 3.63) is 144 Å². The van der Waals surface area contributed by atoms with E-state index in [9.17, 15) is 5.11 Å². The summed E-state index contributed by atoms with van der Waals surface area (Å²) in [6.07, 6.45) is 0. The van der Waals surface area contributed by atoms with Gasteiger partial charge in [0.1, 0.15) is 5.75 Å². The van der Waals surface area contributed by atoms with Gasteiger partial charge in [-0.15, -0.1) is 0 Å². The minimum atomic E-state index is 0.249. The van der Waals surface area contributed by atoms with E-state index in [0.717, 1.165) is 61.1 Å². The number of nitrogens with zero attached hydrogens (tertiary/aromatic N) is 2. The zero-order valence-corrected chi connectivity index (χ0v) is 27.8. The molecule has 0 aliphatic rings. The summed E-state index contributed by atoms with van der Waals surface area (Å²) in [5, 5.41) is 18.2. The summed E-state index contributed by atoms with van der Waals surface area (Å²) < 4.78 is 2.18. The molecule has 0 amide bonds. The fourth-order valence-electron chi connectivity index (χ4n) is 6.92. The molecule has 0 spiro atoms. The molecular formula is C43H41N3O. The molecule has 2 aromatic heterocycles. The number of phenols is 1. The van der Waals surface area contributed by atoms with E-state index in [-0.39, 0.29) is 5.75 Å². The van der Waals surface area contributed by atoms with Crippen LogP contribution in [-0.4, -0.2) is 14.7 Å². The molecule has 0 fully saturated rings. The van der Waals surface area contributed by atoms with E-state index in [0.29, 0.717) is 18.4 Å². The highest BCUT2D eigenvalue weighted by molar-refractivity contribution is 6.09. The molecule has 0 unspecified atom stereocenters. The van der Waals surface area contributed by atoms with Gasteiger partial charge in [0.25, 0.3) is 0 Å². The Morgan fingerprint density at radius 2 is 1.21 bits per heavy atom. The summed E-state index contributed by atoms with van der Waals surface area (Å²) in [5.41, 5.74) is 12.4. The molecule has 0 atom stereocenters. The Labute approximate surface area is 277 Å². The average Bonchev–Trinajstić information content (AvgIpc) is 3.42. The van der Waals surface area contributed by atoms with Gasteiger partial charge in [-0.05, 0) is 77.4 Å². The van der Waals surface area contributed by atoms with E-state index in [1.807, 2.05) is 12.1 Å². The maximum Gasteiger partial charge on any atom is 0.147 e. The highest BCUT2D eigenvalue weighted by Gasteiger charge is 2.20. The lowest BCUT2D eigenvalue weighted by Gasteiger charge is -2.21. The fourth-order valence-corrected chi connectivity index (χ4v) is 6.92. The Morgan fingerprint density at radius 1 is 0.638 bits per heavy atom. The summed E-state index contributed by atoms with van der Waals surface area (Å²) in [5.74, 6) is 1.08. The quantitative estimate of drug-likeness (QED) is 0.179. The van der Waals surface area contributed by atoms with Crippen LogP contribution in [0.1, 0.15) is 61.9 Å². The molecule has 47 heavy (non-hydrogen) atoms. The molecule has 0 radical (unpaired) electrons. The number of aromatic nitrogens is 2. The summed E-state index contributed by atoms with van der Waals surface area (Å²) in [6, 6.07) is 42.0. The molecule has 234 valence electrons. The molecule has 2 heterocycles. The molecule has 0 saturated heterocycles. The molecule has 0 aliphatic carbocycles. The van der Waals surface area contributed by atoms with Crippen molar-refractivity contribution in [3.8, 4) is 33.8 Å². The topological polar surface area (TPSA) is 50.1 Å². The smallest absolute Gasteiger partial charge is 0.147 e. The van der Waals surface area contributed by atoms with Crippen LogP contribution in [0, 0.1) is 6.92 Å². The number of aryl methyl sites for hydroxylation is 1. The zero-order valence-electron chi connectivity index (χ0n) is 27.8. The normalized spacial score (nSPS) is 11.6. The number of hydrogen-bond acceptors (Lipinski definition) is 3. The van der Waals surface area contributed by atoms with Gasteiger partial charge in [0, 0.05) is 27.6 Å². The summed E-state index contributed by atoms with van der Waals surface area (Å²) in [6.45, 7) is 11.7. The van der Waals surface area contributed by atoms with Crippen molar-refractivity contribution in [1.82, 2.24) is 9.55 Å². The zero-order chi connectivity index (χ0) is 32.7. The predicted octanol–water partition coefficient (Wildman–Crippen LogP) is 11.4. The first-order valence-electron chi connectivity index (χ1n) is 16.6.